The van der Waals surface area contributed by atoms with Crippen molar-refractivity contribution in [3.05, 3.63) is 0 Å². The van der Waals surface area contributed by atoms with E-state index in [-0.39, 0.29) is 0 Å². The SMILES string of the molecule is CC(C)CCC(C)NCCOC1CCCC(C)C1. The summed E-state index contributed by atoms with van der Waals surface area (Å²) < 4.78 is 5.97. The molecule has 18 heavy (non-hydrogen) atoms. The van der Waals surface area contributed by atoms with Crippen molar-refractivity contribution in [1.29, 1.82) is 0 Å². The predicted molar refractivity (Wildman–Crippen MR) is 78.9 cm³/mol. The highest BCUT2D eigenvalue weighted by molar-refractivity contribution is 4.70. The molecule has 3 atom stereocenters. The molecule has 0 aromatic heterocycles. The van der Waals surface area contributed by atoms with E-state index in [9.17, 15) is 0 Å². The van der Waals surface area contributed by atoms with Gasteiger partial charge in [-0.15, -0.1) is 0 Å². The van der Waals surface area contributed by atoms with Crippen molar-refractivity contribution in [3.63, 3.8) is 0 Å². The molecule has 0 aromatic rings. The van der Waals surface area contributed by atoms with Crippen molar-refractivity contribution in [2.45, 2.75) is 78.4 Å². The number of hydrogen-bond acceptors (Lipinski definition) is 2. The van der Waals surface area contributed by atoms with Gasteiger partial charge in [-0.3, -0.25) is 0 Å². The topological polar surface area (TPSA) is 21.3 Å². The molecule has 0 bridgehead atoms. The Bertz CT molecular complexity index is 205. The molecule has 108 valence electrons. The minimum atomic E-state index is 0.529. The molecule has 0 spiro atoms. The Balaban J connectivity index is 1.97. The summed E-state index contributed by atoms with van der Waals surface area (Å²) in [7, 11) is 0. The number of hydrogen-bond donors (Lipinski definition) is 1. The summed E-state index contributed by atoms with van der Waals surface area (Å²) in [6.45, 7) is 11.1. The summed E-state index contributed by atoms with van der Waals surface area (Å²) in [4.78, 5) is 0. The zero-order valence-electron chi connectivity index (χ0n) is 12.9. The molecule has 0 heterocycles. The van der Waals surface area contributed by atoms with Gasteiger partial charge in [0.25, 0.3) is 0 Å². The van der Waals surface area contributed by atoms with Crippen LogP contribution in [0.4, 0.5) is 0 Å². The molecule has 1 saturated carbocycles. The van der Waals surface area contributed by atoms with Crippen LogP contribution in [0.3, 0.4) is 0 Å². The van der Waals surface area contributed by atoms with E-state index < -0.39 is 0 Å². The van der Waals surface area contributed by atoms with Crippen LogP contribution in [0, 0.1) is 11.8 Å². The molecular formula is C16H33NO. The monoisotopic (exact) mass is 255 g/mol. The fourth-order valence-corrected chi connectivity index (χ4v) is 2.75. The number of ether oxygens (including phenoxy) is 1. The van der Waals surface area contributed by atoms with E-state index in [4.69, 9.17) is 4.74 Å². The third kappa shape index (κ3) is 7.38. The van der Waals surface area contributed by atoms with Crippen LogP contribution < -0.4 is 5.32 Å². The molecule has 0 aromatic carbocycles. The summed E-state index contributed by atoms with van der Waals surface area (Å²) >= 11 is 0. The fourth-order valence-electron chi connectivity index (χ4n) is 2.75. The summed E-state index contributed by atoms with van der Waals surface area (Å²) in [5.74, 6) is 1.68. The lowest BCUT2D eigenvalue weighted by Crippen LogP contribution is -2.31. The van der Waals surface area contributed by atoms with Gasteiger partial charge < -0.3 is 10.1 Å². The van der Waals surface area contributed by atoms with Gasteiger partial charge in [0.05, 0.1) is 12.7 Å². The Morgan fingerprint density at radius 3 is 2.61 bits per heavy atom. The maximum Gasteiger partial charge on any atom is 0.0594 e. The molecule has 2 nitrogen and oxygen atoms in total. The molecule has 0 amide bonds. The van der Waals surface area contributed by atoms with Gasteiger partial charge >= 0.3 is 0 Å². The molecule has 0 saturated heterocycles. The fraction of sp³-hybridized carbons (Fsp3) is 1.00. The quantitative estimate of drug-likeness (QED) is 0.662. The molecule has 2 heteroatoms. The lowest BCUT2D eigenvalue weighted by atomic mass is 9.89. The van der Waals surface area contributed by atoms with E-state index in [1.54, 1.807) is 0 Å². The van der Waals surface area contributed by atoms with Crippen LogP contribution in [-0.4, -0.2) is 25.3 Å². The van der Waals surface area contributed by atoms with Gasteiger partial charge in [0.2, 0.25) is 0 Å². The van der Waals surface area contributed by atoms with E-state index in [2.05, 4.69) is 33.0 Å². The highest BCUT2D eigenvalue weighted by Crippen LogP contribution is 2.25. The lowest BCUT2D eigenvalue weighted by Gasteiger charge is -2.27. The third-order valence-electron chi connectivity index (χ3n) is 4.01. The molecule has 1 N–H and O–H groups in total. The Morgan fingerprint density at radius 1 is 1.17 bits per heavy atom. The maximum absolute atomic E-state index is 5.97. The van der Waals surface area contributed by atoms with E-state index >= 15 is 0 Å². The zero-order chi connectivity index (χ0) is 13.4. The van der Waals surface area contributed by atoms with Crippen molar-refractivity contribution >= 4 is 0 Å². The van der Waals surface area contributed by atoms with Crippen LogP contribution in [-0.2, 0) is 4.74 Å². The first-order chi connectivity index (χ1) is 8.58. The molecule has 0 radical (unpaired) electrons. The van der Waals surface area contributed by atoms with Crippen molar-refractivity contribution in [2.24, 2.45) is 11.8 Å². The molecule has 3 unspecified atom stereocenters. The Kier molecular flexibility index (Phi) is 7.92. The number of rotatable bonds is 8. The summed E-state index contributed by atoms with van der Waals surface area (Å²) in [5.41, 5.74) is 0. The molecule has 0 aliphatic heterocycles. The zero-order valence-corrected chi connectivity index (χ0v) is 12.9. The first kappa shape index (κ1) is 16.0. The highest BCUT2D eigenvalue weighted by atomic mass is 16.5. The van der Waals surface area contributed by atoms with Crippen LogP contribution in [0.5, 0.6) is 0 Å². The van der Waals surface area contributed by atoms with Crippen LogP contribution in [0.1, 0.15) is 66.2 Å². The molecule has 1 aliphatic carbocycles. The van der Waals surface area contributed by atoms with Gasteiger partial charge in [0.1, 0.15) is 0 Å². The van der Waals surface area contributed by atoms with Gasteiger partial charge in [-0.2, -0.15) is 0 Å². The predicted octanol–water partition coefficient (Wildman–Crippen LogP) is 4.00. The van der Waals surface area contributed by atoms with Crippen LogP contribution >= 0.6 is 0 Å². The summed E-state index contributed by atoms with van der Waals surface area (Å²) in [6, 6.07) is 0.626. The third-order valence-corrected chi connectivity index (χ3v) is 4.01. The van der Waals surface area contributed by atoms with E-state index in [1.807, 2.05) is 0 Å². The van der Waals surface area contributed by atoms with Gasteiger partial charge in [-0.25, -0.2) is 0 Å². The lowest BCUT2D eigenvalue weighted by molar-refractivity contribution is 0.0166. The van der Waals surface area contributed by atoms with Gasteiger partial charge in [-0.05, 0) is 44.4 Å². The minimum Gasteiger partial charge on any atom is -0.377 e. The summed E-state index contributed by atoms with van der Waals surface area (Å²) in [5, 5.41) is 3.56. The second kappa shape index (κ2) is 8.92. The second-order valence-corrected chi connectivity index (χ2v) is 6.59. The van der Waals surface area contributed by atoms with Crippen molar-refractivity contribution < 1.29 is 4.74 Å². The first-order valence-electron chi connectivity index (χ1n) is 7.93. The minimum absolute atomic E-state index is 0.529. The Labute approximate surface area is 114 Å². The average molecular weight is 255 g/mol. The molecule has 1 rings (SSSR count). The van der Waals surface area contributed by atoms with Crippen molar-refractivity contribution in [3.8, 4) is 0 Å². The van der Waals surface area contributed by atoms with Crippen LogP contribution in [0.2, 0.25) is 0 Å². The molecule has 1 fully saturated rings. The highest BCUT2D eigenvalue weighted by Gasteiger charge is 2.18. The second-order valence-electron chi connectivity index (χ2n) is 6.59. The van der Waals surface area contributed by atoms with Crippen molar-refractivity contribution in [1.82, 2.24) is 5.32 Å². The standard InChI is InChI=1S/C16H33NO/c1-13(2)8-9-15(4)17-10-11-18-16-7-5-6-14(3)12-16/h13-17H,5-12H2,1-4H3. The van der Waals surface area contributed by atoms with E-state index in [0.29, 0.717) is 12.1 Å². The van der Waals surface area contributed by atoms with E-state index in [1.165, 1.54) is 38.5 Å². The Hall–Kier alpha value is -0.0800. The molecule has 1 aliphatic rings. The van der Waals surface area contributed by atoms with E-state index in [0.717, 1.165) is 25.0 Å². The van der Waals surface area contributed by atoms with Crippen LogP contribution in [0.25, 0.3) is 0 Å². The Morgan fingerprint density at radius 2 is 1.94 bits per heavy atom. The largest absolute Gasteiger partial charge is 0.377 e. The summed E-state index contributed by atoms with van der Waals surface area (Å²) in [6.07, 6.45) is 8.40. The maximum atomic E-state index is 5.97. The van der Waals surface area contributed by atoms with Crippen molar-refractivity contribution in [2.75, 3.05) is 13.2 Å². The van der Waals surface area contributed by atoms with Crippen LogP contribution in [0.15, 0.2) is 0 Å². The van der Waals surface area contributed by atoms with Gasteiger partial charge in [-0.1, -0.05) is 33.6 Å². The van der Waals surface area contributed by atoms with Gasteiger partial charge in [0, 0.05) is 12.6 Å². The number of nitrogens with one attached hydrogen (secondary N) is 1. The smallest absolute Gasteiger partial charge is 0.0594 e. The molecular weight excluding hydrogens is 222 g/mol. The normalized spacial score (nSPS) is 26.5. The average Bonchev–Trinajstić information content (AvgIpc) is 2.32. The van der Waals surface area contributed by atoms with Gasteiger partial charge in [0.15, 0.2) is 0 Å². The first-order valence-corrected chi connectivity index (χ1v) is 7.93.